The average molecular weight is 407 g/mol. The van der Waals surface area contributed by atoms with E-state index in [9.17, 15) is 4.79 Å². The first-order valence-electron chi connectivity index (χ1n) is 9.61. The molecule has 2 aromatic carbocycles. The van der Waals surface area contributed by atoms with Crippen LogP contribution >= 0.6 is 11.3 Å². The number of aromatic nitrogens is 1. The number of hydrogen-bond acceptors (Lipinski definition) is 6. The van der Waals surface area contributed by atoms with E-state index in [1.54, 1.807) is 18.4 Å². The Morgan fingerprint density at radius 3 is 2.69 bits per heavy atom. The molecular formula is C22H21N3O3S. The van der Waals surface area contributed by atoms with Crippen LogP contribution in [0.15, 0.2) is 46.9 Å². The number of fused-ring (bicyclic) bond motifs is 2. The number of carbonyl (C=O) groups excluding carboxylic acids is 1. The van der Waals surface area contributed by atoms with Crippen molar-refractivity contribution in [3.8, 4) is 5.75 Å². The van der Waals surface area contributed by atoms with Gasteiger partial charge in [0.2, 0.25) is 0 Å². The van der Waals surface area contributed by atoms with E-state index in [0.29, 0.717) is 18.8 Å². The van der Waals surface area contributed by atoms with Crippen LogP contribution in [0.5, 0.6) is 5.75 Å². The van der Waals surface area contributed by atoms with Crippen LogP contribution in [0.25, 0.3) is 21.2 Å². The zero-order valence-electron chi connectivity index (χ0n) is 16.3. The molecule has 0 bridgehead atoms. The second kappa shape index (κ2) is 7.08. The molecule has 29 heavy (non-hydrogen) atoms. The molecule has 2 aromatic heterocycles. The Kier molecular flexibility index (Phi) is 4.39. The smallest absolute Gasteiger partial charge is 0.289 e. The largest absolute Gasteiger partial charge is 0.494 e. The number of thiazole rings is 1. The summed E-state index contributed by atoms with van der Waals surface area (Å²) in [6, 6.07) is 13.5. The van der Waals surface area contributed by atoms with E-state index in [0.717, 1.165) is 45.2 Å². The molecule has 0 saturated carbocycles. The van der Waals surface area contributed by atoms with Crippen molar-refractivity contribution in [1.29, 1.82) is 0 Å². The molecule has 4 aromatic rings. The van der Waals surface area contributed by atoms with Gasteiger partial charge in [0.05, 0.1) is 11.8 Å². The molecule has 6 nitrogen and oxygen atoms in total. The van der Waals surface area contributed by atoms with Gasteiger partial charge < -0.3 is 19.0 Å². The number of piperazine rings is 1. The average Bonchev–Trinajstić information content (AvgIpc) is 3.39. The van der Waals surface area contributed by atoms with E-state index in [1.807, 2.05) is 41.3 Å². The number of anilines is 1. The second-order valence-corrected chi connectivity index (χ2v) is 8.16. The predicted molar refractivity (Wildman–Crippen MR) is 115 cm³/mol. The highest BCUT2D eigenvalue weighted by atomic mass is 32.1. The highest BCUT2D eigenvalue weighted by molar-refractivity contribution is 7.22. The number of methoxy groups -OCH3 is 1. The Morgan fingerprint density at radius 1 is 1.14 bits per heavy atom. The molecule has 1 aliphatic heterocycles. The van der Waals surface area contributed by atoms with Crippen molar-refractivity contribution < 1.29 is 13.9 Å². The fraction of sp³-hybridized carbons (Fsp3) is 0.273. The number of ether oxygens (including phenoxy) is 1. The van der Waals surface area contributed by atoms with E-state index < -0.39 is 0 Å². The van der Waals surface area contributed by atoms with Crippen molar-refractivity contribution in [1.82, 2.24) is 9.88 Å². The lowest BCUT2D eigenvalue weighted by atomic mass is 10.2. The molecule has 0 unspecified atom stereocenters. The number of furan rings is 1. The molecule has 1 amide bonds. The first-order chi connectivity index (χ1) is 14.1. The number of hydrogen-bond donors (Lipinski definition) is 0. The van der Waals surface area contributed by atoms with Crippen LogP contribution < -0.4 is 9.64 Å². The molecule has 5 rings (SSSR count). The van der Waals surface area contributed by atoms with Gasteiger partial charge in [0.1, 0.15) is 16.8 Å². The van der Waals surface area contributed by atoms with E-state index in [-0.39, 0.29) is 5.91 Å². The zero-order chi connectivity index (χ0) is 20.0. The molecule has 0 atom stereocenters. The van der Waals surface area contributed by atoms with Crippen LogP contribution in [-0.2, 0) is 0 Å². The van der Waals surface area contributed by atoms with Gasteiger partial charge in [-0.2, -0.15) is 0 Å². The van der Waals surface area contributed by atoms with Crippen molar-refractivity contribution in [2.45, 2.75) is 6.92 Å². The highest BCUT2D eigenvalue weighted by Gasteiger charge is 2.26. The molecule has 1 fully saturated rings. The van der Waals surface area contributed by atoms with E-state index >= 15 is 0 Å². The van der Waals surface area contributed by atoms with Gasteiger partial charge in [-0.25, -0.2) is 4.98 Å². The van der Waals surface area contributed by atoms with Gasteiger partial charge >= 0.3 is 0 Å². The minimum atomic E-state index is -0.0531. The third-order valence-corrected chi connectivity index (χ3v) is 6.64. The summed E-state index contributed by atoms with van der Waals surface area (Å²) in [5.41, 5.74) is 2.85. The molecule has 7 heteroatoms. The van der Waals surface area contributed by atoms with Gasteiger partial charge in [0, 0.05) is 31.6 Å². The number of rotatable bonds is 3. The Balaban J connectivity index is 1.33. The van der Waals surface area contributed by atoms with Gasteiger partial charge in [-0.3, -0.25) is 4.79 Å². The molecule has 0 spiro atoms. The standard InChI is InChI=1S/C22H21N3O3S/c1-14-7-8-17(27-2)19-20(14)29-22(23-19)25-11-9-24(10-12-25)21(26)18-13-15-5-3-4-6-16(15)28-18/h3-8,13H,9-12H2,1-2H3. The van der Waals surface area contributed by atoms with Gasteiger partial charge in [-0.05, 0) is 30.7 Å². The lowest BCUT2D eigenvalue weighted by Crippen LogP contribution is -2.48. The maximum atomic E-state index is 12.9. The number of nitrogens with zero attached hydrogens (tertiary/aromatic N) is 3. The molecular weight excluding hydrogens is 386 g/mol. The first kappa shape index (κ1) is 18.0. The number of para-hydroxylation sites is 1. The normalized spacial score (nSPS) is 14.7. The Hall–Kier alpha value is -3.06. The Bertz CT molecular complexity index is 1170. The third kappa shape index (κ3) is 3.11. The number of carbonyl (C=O) groups is 1. The summed E-state index contributed by atoms with van der Waals surface area (Å²) in [7, 11) is 1.67. The van der Waals surface area contributed by atoms with E-state index in [4.69, 9.17) is 14.1 Å². The second-order valence-electron chi connectivity index (χ2n) is 7.19. The van der Waals surface area contributed by atoms with Crippen molar-refractivity contribution in [2.24, 2.45) is 0 Å². The van der Waals surface area contributed by atoms with Gasteiger partial charge in [0.25, 0.3) is 5.91 Å². The fourth-order valence-electron chi connectivity index (χ4n) is 3.74. The maximum absolute atomic E-state index is 12.9. The van der Waals surface area contributed by atoms with E-state index in [2.05, 4.69) is 17.9 Å². The van der Waals surface area contributed by atoms with Crippen LogP contribution in [0, 0.1) is 6.92 Å². The summed E-state index contributed by atoms with van der Waals surface area (Å²) in [6.45, 7) is 4.86. The molecule has 1 aliphatic rings. The molecule has 148 valence electrons. The Labute approximate surface area is 172 Å². The highest BCUT2D eigenvalue weighted by Crippen LogP contribution is 2.36. The molecule has 0 N–H and O–H groups in total. The van der Waals surface area contributed by atoms with Gasteiger partial charge in [-0.1, -0.05) is 35.6 Å². The number of amides is 1. The quantitative estimate of drug-likeness (QED) is 0.506. The third-order valence-electron chi connectivity index (χ3n) is 5.39. The van der Waals surface area contributed by atoms with Crippen LogP contribution in [0.1, 0.15) is 16.1 Å². The van der Waals surface area contributed by atoms with Crippen LogP contribution in [0.3, 0.4) is 0 Å². The van der Waals surface area contributed by atoms with Gasteiger partial charge in [-0.15, -0.1) is 0 Å². The molecule has 0 radical (unpaired) electrons. The number of benzene rings is 2. The lowest BCUT2D eigenvalue weighted by Gasteiger charge is -2.34. The molecule has 1 saturated heterocycles. The number of aryl methyl sites for hydroxylation is 1. The van der Waals surface area contributed by atoms with Crippen LogP contribution in [0.2, 0.25) is 0 Å². The topological polar surface area (TPSA) is 58.8 Å². The van der Waals surface area contributed by atoms with Crippen LogP contribution in [-0.4, -0.2) is 49.1 Å². The van der Waals surface area contributed by atoms with E-state index in [1.165, 1.54) is 5.56 Å². The SMILES string of the molecule is COc1ccc(C)c2sc(N3CCN(C(=O)c4cc5ccccc5o4)CC3)nc12. The van der Waals surface area contributed by atoms with Crippen molar-refractivity contribution in [3.63, 3.8) is 0 Å². The minimum Gasteiger partial charge on any atom is -0.494 e. The zero-order valence-corrected chi connectivity index (χ0v) is 17.2. The summed E-state index contributed by atoms with van der Waals surface area (Å²) in [6.07, 6.45) is 0. The summed E-state index contributed by atoms with van der Waals surface area (Å²) in [5, 5.41) is 1.93. The Morgan fingerprint density at radius 2 is 1.93 bits per heavy atom. The summed E-state index contributed by atoms with van der Waals surface area (Å²) in [5.74, 6) is 1.15. The predicted octanol–water partition coefficient (Wildman–Crippen LogP) is 4.32. The van der Waals surface area contributed by atoms with Crippen molar-refractivity contribution in [3.05, 3.63) is 53.8 Å². The molecule has 3 heterocycles. The lowest BCUT2D eigenvalue weighted by molar-refractivity contribution is 0.0717. The van der Waals surface area contributed by atoms with Crippen molar-refractivity contribution in [2.75, 3.05) is 38.2 Å². The maximum Gasteiger partial charge on any atom is 0.289 e. The fourth-order valence-corrected chi connectivity index (χ4v) is 4.85. The summed E-state index contributed by atoms with van der Waals surface area (Å²) in [4.78, 5) is 21.8. The summed E-state index contributed by atoms with van der Waals surface area (Å²) < 4.78 is 12.4. The first-order valence-corrected chi connectivity index (χ1v) is 10.4. The summed E-state index contributed by atoms with van der Waals surface area (Å²) >= 11 is 1.68. The van der Waals surface area contributed by atoms with Crippen molar-refractivity contribution >= 4 is 43.6 Å². The monoisotopic (exact) mass is 407 g/mol. The minimum absolute atomic E-state index is 0.0531. The van der Waals surface area contributed by atoms with Crippen LogP contribution in [0.4, 0.5) is 5.13 Å². The molecule has 0 aliphatic carbocycles. The van der Waals surface area contributed by atoms with Gasteiger partial charge in [0.15, 0.2) is 10.9 Å².